The lowest BCUT2D eigenvalue weighted by Gasteiger charge is -2.04. The SMILES string of the molecule is C.COc1cccc2[nH]ccc12.COc1cccc2c1CCN2. The normalized spacial score (nSPS) is 11.6. The maximum atomic E-state index is 5.22. The van der Waals surface area contributed by atoms with Crippen molar-refractivity contribution in [2.75, 3.05) is 26.1 Å². The predicted octanol–water partition coefficient (Wildman–Crippen LogP) is 4.48. The lowest BCUT2D eigenvalue weighted by atomic mass is 10.1. The molecule has 0 saturated heterocycles. The molecule has 3 aromatic rings. The van der Waals surface area contributed by atoms with Crippen molar-refractivity contribution in [1.82, 2.24) is 4.98 Å². The van der Waals surface area contributed by atoms with Crippen LogP contribution >= 0.6 is 0 Å². The van der Waals surface area contributed by atoms with Crippen LogP contribution in [0.25, 0.3) is 10.9 Å². The van der Waals surface area contributed by atoms with Gasteiger partial charge in [0.1, 0.15) is 11.5 Å². The van der Waals surface area contributed by atoms with E-state index >= 15 is 0 Å². The zero-order valence-electron chi connectivity index (χ0n) is 12.8. The zero-order valence-corrected chi connectivity index (χ0v) is 12.8. The minimum absolute atomic E-state index is 0. The van der Waals surface area contributed by atoms with Crippen LogP contribution < -0.4 is 14.8 Å². The van der Waals surface area contributed by atoms with Crippen molar-refractivity contribution in [2.45, 2.75) is 13.8 Å². The number of aromatic amines is 1. The van der Waals surface area contributed by atoms with Crippen LogP contribution in [0.5, 0.6) is 11.5 Å². The van der Waals surface area contributed by atoms with Gasteiger partial charge in [-0.25, -0.2) is 0 Å². The highest BCUT2D eigenvalue weighted by Gasteiger charge is 2.13. The smallest absolute Gasteiger partial charge is 0.128 e. The van der Waals surface area contributed by atoms with Gasteiger partial charge in [-0.15, -0.1) is 0 Å². The third-order valence-electron chi connectivity index (χ3n) is 3.82. The van der Waals surface area contributed by atoms with Crippen LogP contribution in [0.2, 0.25) is 0 Å². The maximum Gasteiger partial charge on any atom is 0.128 e. The third kappa shape index (κ3) is 3.42. The molecule has 1 aromatic heterocycles. The number of H-pyrrole nitrogens is 1. The molecule has 1 aliphatic rings. The van der Waals surface area contributed by atoms with E-state index in [1.807, 2.05) is 42.6 Å². The summed E-state index contributed by atoms with van der Waals surface area (Å²) in [6.45, 7) is 1.04. The van der Waals surface area contributed by atoms with E-state index in [4.69, 9.17) is 9.47 Å². The van der Waals surface area contributed by atoms with Gasteiger partial charge in [-0.1, -0.05) is 19.6 Å². The average Bonchev–Trinajstić information content (AvgIpc) is 3.23. The number of ether oxygens (including phenoxy) is 2. The fourth-order valence-corrected chi connectivity index (χ4v) is 2.74. The Morgan fingerprint density at radius 1 is 0.913 bits per heavy atom. The zero-order chi connectivity index (χ0) is 15.4. The second kappa shape index (κ2) is 7.58. The van der Waals surface area contributed by atoms with Crippen LogP contribution in [0.1, 0.15) is 13.0 Å². The van der Waals surface area contributed by atoms with Crippen LogP contribution in [0.15, 0.2) is 48.7 Å². The summed E-state index contributed by atoms with van der Waals surface area (Å²) in [5.74, 6) is 1.93. The molecular weight excluding hydrogens is 288 g/mol. The Bertz CT molecular complexity index is 765. The van der Waals surface area contributed by atoms with Crippen LogP contribution in [-0.2, 0) is 6.42 Å². The lowest BCUT2D eigenvalue weighted by molar-refractivity contribution is 0.411. The summed E-state index contributed by atoms with van der Waals surface area (Å²) in [6.07, 6.45) is 2.99. The Hall–Kier alpha value is -2.62. The van der Waals surface area contributed by atoms with Gasteiger partial charge in [-0.2, -0.15) is 0 Å². The molecule has 0 atom stereocenters. The number of fused-ring (bicyclic) bond motifs is 2. The number of benzene rings is 2. The quantitative estimate of drug-likeness (QED) is 0.733. The van der Waals surface area contributed by atoms with Crippen molar-refractivity contribution < 1.29 is 9.47 Å². The van der Waals surface area contributed by atoms with Crippen LogP contribution in [0.3, 0.4) is 0 Å². The van der Waals surface area contributed by atoms with Crippen molar-refractivity contribution in [3.05, 3.63) is 54.2 Å². The second-order valence-electron chi connectivity index (χ2n) is 5.06. The fourth-order valence-electron chi connectivity index (χ4n) is 2.74. The van der Waals surface area contributed by atoms with E-state index in [0.717, 1.165) is 35.4 Å². The summed E-state index contributed by atoms with van der Waals surface area (Å²) < 4.78 is 10.4. The summed E-state index contributed by atoms with van der Waals surface area (Å²) in [5, 5.41) is 4.43. The Morgan fingerprint density at radius 2 is 1.65 bits per heavy atom. The van der Waals surface area contributed by atoms with Crippen molar-refractivity contribution in [1.29, 1.82) is 0 Å². The monoisotopic (exact) mass is 312 g/mol. The first-order valence-electron chi connectivity index (χ1n) is 7.33. The minimum atomic E-state index is 0. The van der Waals surface area contributed by atoms with E-state index in [1.54, 1.807) is 14.2 Å². The molecule has 2 heterocycles. The molecule has 4 heteroatoms. The predicted molar refractivity (Wildman–Crippen MR) is 96.8 cm³/mol. The van der Waals surface area contributed by atoms with Gasteiger partial charge < -0.3 is 19.8 Å². The van der Waals surface area contributed by atoms with Gasteiger partial charge >= 0.3 is 0 Å². The Balaban J connectivity index is 0.000000160. The fraction of sp³-hybridized carbons (Fsp3) is 0.263. The van der Waals surface area contributed by atoms with Gasteiger partial charge in [0.15, 0.2) is 0 Å². The minimum Gasteiger partial charge on any atom is -0.496 e. The van der Waals surface area contributed by atoms with Gasteiger partial charge in [0, 0.05) is 34.9 Å². The summed E-state index contributed by atoms with van der Waals surface area (Å²) in [4.78, 5) is 3.11. The molecule has 0 saturated carbocycles. The molecule has 0 spiro atoms. The Labute approximate surface area is 137 Å². The molecule has 2 N–H and O–H groups in total. The first kappa shape index (κ1) is 16.7. The Kier molecular flexibility index (Phi) is 5.52. The molecule has 4 nitrogen and oxygen atoms in total. The molecule has 122 valence electrons. The molecule has 4 rings (SSSR count). The second-order valence-corrected chi connectivity index (χ2v) is 5.06. The van der Waals surface area contributed by atoms with Gasteiger partial charge in [-0.05, 0) is 36.8 Å². The number of anilines is 1. The van der Waals surface area contributed by atoms with Gasteiger partial charge in [0.2, 0.25) is 0 Å². The van der Waals surface area contributed by atoms with Crippen molar-refractivity contribution >= 4 is 16.6 Å². The molecule has 23 heavy (non-hydrogen) atoms. The van der Waals surface area contributed by atoms with E-state index in [2.05, 4.69) is 16.4 Å². The van der Waals surface area contributed by atoms with E-state index in [0.29, 0.717) is 0 Å². The number of nitrogens with one attached hydrogen (secondary N) is 2. The molecule has 0 amide bonds. The first-order valence-corrected chi connectivity index (χ1v) is 7.33. The van der Waals surface area contributed by atoms with Crippen LogP contribution in [0.4, 0.5) is 5.69 Å². The van der Waals surface area contributed by atoms with E-state index < -0.39 is 0 Å². The highest BCUT2D eigenvalue weighted by atomic mass is 16.5. The van der Waals surface area contributed by atoms with Gasteiger partial charge in [-0.3, -0.25) is 0 Å². The van der Waals surface area contributed by atoms with Gasteiger partial charge in [0.25, 0.3) is 0 Å². The standard InChI is InChI=1S/C9H11NO.C9H9NO.CH4/c2*1-11-9-4-2-3-8-7(9)5-6-10-8;/h2-4,10H,5-6H2,1H3;2-6,10H,1H3;1H4. The van der Waals surface area contributed by atoms with E-state index in [9.17, 15) is 0 Å². The molecule has 1 aliphatic heterocycles. The molecule has 0 bridgehead atoms. The van der Waals surface area contributed by atoms with Crippen molar-refractivity contribution in [3.8, 4) is 11.5 Å². The van der Waals surface area contributed by atoms with E-state index in [-0.39, 0.29) is 7.43 Å². The number of hydrogen-bond acceptors (Lipinski definition) is 3. The first-order chi connectivity index (χ1) is 10.8. The highest BCUT2D eigenvalue weighted by molar-refractivity contribution is 5.85. The van der Waals surface area contributed by atoms with E-state index in [1.165, 1.54) is 11.3 Å². The summed E-state index contributed by atoms with van der Waals surface area (Å²) in [7, 11) is 3.40. The summed E-state index contributed by atoms with van der Waals surface area (Å²) >= 11 is 0. The van der Waals surface area contributed by atoms with Crippen molar-refractivity contribution in [2.24, 2.45) is 0 Å². The topological polar surface area (TPSA) is 46.3 Å². The third-order valence-corrected chi connectivity index (χ3v) is 3.82. The maximum absolute atomic E-state index is 5.22. The number of aromatic nitrogens is 1. The number of rotatable bonds is 2. The number of hydrogen-bond donors (Lipinski definition) is 2. The molecular formula is C19H24N2O2. The largest absolute Gasteiger partial charge is 0.496 e. The van der Waals surface area contributed by atoms with Crippen LogP contribution in [-0.4, -0.2) is 25.7 Å². The highest BCUT2D eigenvalue weighted by Crippen LogP contribution is 2.30. The Morgan fingerprint density at radius 3 is 2.43 bits per heavy atom. The summed E-state index contributed by atoms with van der Waals surface area (Å²) in [6, 6.07) is 14.1. The average molecular weight is 312 g/mol. The molecule has 0 radical (unpaired) electrons. The van der Waals surface area contributed by atoms with Crippen LogP contribution in [0, 0.1) is 0 Å². The molecule has 0 unspecified atom stereocenters. The summed E-state index contributed by atoms with van der Waals surface area (Å²) in [5.41, 5.74) is 3.66. The molecule has 0 aliphatic carbocycles. The lowest BCUT2D eigenvalue weighted by Crippen LogP contribution is -1.90. The molecule has 2 aromatic carbocycles. The number of methoxy groups -OCH3 is 2. The molecule has 0 fully saturated rings. The van der Waals surface area contributed by atoms with Gasteiger partial charge in [0.05, 0.1) is 14.2 Å². The van der Waals surface area contributed by atoms with Crippen molar-refractivity contribution in [3.63, 3.8) is 0 Å².